The molecule has 57 heavy (non-hydrogen) atoms. The third-order valence-corrected chi connectivity index (χ3v) is 10.5. The lowest BCUT2D eigenvalue weighted by Crippen LogP contribution is -2.26. The molecule has 0 spiro atoms. The highest BCUT2D eigenvalue weighted by Gasteiger charge is 2.24. The lowest BCUT2D eigenvalue weighted by molar-refractivity contribution is 0.480. The van der Waals surface area contributed by atoms with E-state index in [9.17, 15) is 0 Å². The number of amidine groups is 1. The summed E-state index contributed by atoms with van der Waals surface area (Å²) in [6.45, 7) is 14.3. The second-order valence-corrected chi connectivity index (χ2v) is 14.6. The number of para-hydroxylation sites is 2. The molecule has 0 fully saturated rings. The topological polar surface area (TPSA) is 53.6 Å². The van der Waals surface area contributed by atoms with Crippen LogP contribution in [0.3, 0.4) is 0 Å². The molecule has 0 amide bonds. The van der Waals surface area contributed by atoms with E-state index in [4.69, 9.17) is 10.7 Å². The molecular weight excluding hydrogens is 693 g/mol. The minimum atomic E-state index is -0.281. The molecule has 1 aliphatic heterocycles. The Hall–Kier alpha value is -6.49. The van der Waals surface area contributed by atoms with Crippen molar-refractivity contribution in [3.8, 4) is 0 Å². The van der Waals surface area contributed by atoms with Crippen LogP contribution in [0.2, 0.25) is 0 Å². The SMILES string of the molecule is C=Cc1ccccc1C.Cc1ccc(C(/N=C(\N)c2ccccc2)NC(C)c2ccc(N3c4ccccc4Cc4ccccc43)cc2)cc1.Cc1ccccc1C. The van der Waals surface area contributed by atoms with Gasteiger partial charge in [0.15, 0.2) is 0 Å². The van der Waals surface area contributed by atoms with Gasteiger partial charge in [0.25, 0.3) is 0 Å². The Bertz CT molecular complexity index is 2330. The molecule has 0 bridgehead atoms. The van der Waals surface area contributed by atoms with E-state index in [-0.39, 0.29) is 12.2 Å². The van der Waals surface area contributed by atoms with E-state index in [0.717, 1.165) is 23.2 Å². The second kappa shape index (κ2) is 19.4. The van der Waals surface area contributed by atoms with Crippen molar-refractivity contribution in [3.05, 3.63) is 238 Å². The van der Waals surface area contributed by atoms with E-state index in [2.05, 4.69) is 185 Å². The van der Waals surface area contributed by atoms with Crippen molar-refractivity contribution in [2.75, 3.05) is 4.90 Å². The average molecular weight is 747 g/mol. The summed E-state index contributed by atoms with van der Waals surface area (Å²) < 4.78 is 0. The fourth-order valence-electron chi connectivity index (χ4n) is 6.87. The zero-order chi connectivity index (χ0) is 40.1. The molecule has 3 N–H and O–H groups in total. The summed E-state index contributed by atoms with van der Waals surface area (Å²) in [5.74, 6) is 0.517. The molecule has 0 saturated carbocycles. The van der Waals surface area contributed by atoms with E-state index in [1.54, 1.807) is 0 Å². The number of benzene rings is 7. The van der Waals surface area contributed by atoms with Gasteiger partial charge < -0.3 is 10.6 Å². The standard InChI is InChI=1S/C36H34N4.C9H10.C8H10/c1-25-16-18-29(19-17-25)36(39-35(37)28-10-4-3-5-11-28)38-26(2)27-20-22-32(23-21-27)40-33-14-8-6-12-30(33)24-31-13-7-9-15-34(31)40;1-3-9-7-5-4-6-8(9)2;1-7-5-3-4-6-8(7)2/h3-23,26,36,38H,24H2,1-2H3,(H2,37,39);3-7H,1H2,2H3;3-6H,1-2H3. The highest BCUT2D eigenvalue weighted by atomic mass is 15.2. The van der Waals surface area contributed by atoms with Gasteiger partial charge in [0.2, 0.25) is 0 Å². The van der Waals surface area contributed by atoms with Gasteiger partial charge in [-0.15, -0.1) is 0 Å². The molecule has 8 rings (SSSR count). The van der Waals surface area contributed by atoms with E-state index < -0.39 is 0 Å². The van der Waals surface area contributed by atoms with Crippen molar-refractivity contribution in [2.24, 2.45) is 10.7 Å². The highest BCUT2D eigenvalue weighted by molar-refractivity contribution is 5.97. The summed E-state index contributed by atoms with van der Waals surface area (Å²) in [5.41, 5.74) is 22.4. The first kappa shape index (κ1) is 40.2. The van der Waals surface area contributed by atoms with Gasteiger partial charge in [-0.2, -0.15) is 0 Å². The van der Waals surface area contributed by atoms with E-state index in [1.165, 1.54) is 55.9 Å². The number of hydrogen-bond donors (Lipinski definition) is 2. The number of nitrogens with zero attached hydrogens (tertiary/aromatic N) is 2. The maximum Gasteiger partial charge on any atom is 0.128 e. The van der Waals surface area contributed by atoms with E-state index >= 15 is 0 Å². The highest BCUT2D eigenvalue weighted by Crippen LogP contribution is 2.43. The second-order valence-electron chi connectivity index (χ2n) is 14.6. The minimum absolute atomic E-state index is 0.0496. The molecule has 286 valence electrons. The molecule has 0 saturated heterocycles. The van der Waals surface area contributed by atoms with Crippen molar-refractivity contribution < 1.29 is 0 Å². The first-order chi connectivity index (χ1) is 27.7. The van der Waals surface area contributed by atoms with Crippen LogP contribution in [-0.4, -0.2) is 5.84 Å². The molecule has 2 unspecified atom stereocenters. The van der Waals surface area contributed by atoms with Crippen LogP contribution < -0.4 is 16.0 Å². The molecule has 4 nitrogen and oxygen atoms in total. The van der Waals surface area contributed by atoms with Gasteiger partial charge in [-0.3, -0.25) is 5.32 Å². The van der Waals surface area contributed by atoms with Crippen LogP contribution in [0.5, 0.6) is 0 Å². The zero-order valence-electron chi connectivity index (χ0n) is 33.9. The Labute approximate surface area is 340 Å². The molecule has 7 aromatic carbocycles. The smallest absolute Gasteiger partial charge is 0.128 e. The van der Waals surface area contributed by atoms with Crippen molar-refractivity contribution in [1.82, 2.24) is 5.32 Å². The fraction of sp³-hybridized carbons (Fsp3) is 0.151. The van der Waals surface area contributed by atoms with Gasteiger partial charge in [0.1, 0.15) is 12.0 Å². The van der Waals surface area contributed by atoms with Crippen LogP contribution in [0.25, 0.3) is 6.08 Å². The molecule has 7 aromatic rings. The van der Waals surface area contributed by atoms with Gasteiger partial charge in [-0.05, 0) is 103 Å². The first-order valence-electron chi connectivity index (χ1n) is 19.7. The van der Waals surface area contributed by atoms with Crippen LogP contribution in [0.1, 0.15) is 74.8 Å². The zero-order valence-corrected chi connectivity index (χ0v) is 33.9. The number of nitrogens with one attached hydrogen (secondary N) is 1. The Balaban J connectivity index is 0.000000266. The quantitative estimate of drug-likeness (QED) is 0.120. The van der Waals surface area contributed by atoms with Gasteiger partial charge in [0, 0.05) is 35.1 Å². The summed E-state index contributed by atoms with van der Waals surface area (Å²) in [4.78, 5) is 7.30. The van der Waals surface area contributed by atoms with Crippen LogP contribution in [0, 0.1) is 27.7 Å². The van der Waals surface area contributed by atoms with Gasteiger partial charge >= 0.3 is 0 Å². The van der Waals surface area contributed by atoms with Crippen molar-refractivity contribution in [1.29, 1.82) is 0 Å². The maximum absolute atomic E-state index is 6.46. The van der Waals surface area contributed by atoms with Crippen LogP contribution >= 0.6 is 0 Å². The fourth-order valence-corrected chi connectivity index (χ4v) is 6.87. The van der Waals surface area contributed by atoms with Gasteiger partial charge in [-0.1, -0.05) is 170 Å². The summed E-state index contributed by atoms with van der Waals surface area (Å²) in [6, 6.07) is 61.2. The first-order valence-corrected chi connectivity index (χ1v) is 19.7. The average Bonchev–Trinajstić information content (AvgIpc) is 3.25. The summed E-state index contributed by atoms with van der Waals surface area (Å²) >= 11 is 0. The summed E-state index contributed by atoms with van der Waals surface area (Å²) in [5, 5.41) is 3.72. The number of nitrogens with two attached hydrogens (primary N) is 1. The Morgan fingerprint density at radius 1 is 0.596 bits per heavy atom. The Morgan fingerprint density at radius 2 is 1.09 bits per heavy atom. The van der Waals surface area contributed by atoms with Gasteiger partial charge in [-0.25, -0.2) is 4.99 Å². The summed E-state index contributed by atoms with van der Waals surface area (Å²) in [7, 11) is 0. The Morgan fingerprint density at radius 3 is 1.61 bits per heavy atom. The van der Waals surface area contributed by atoms with Crippen LogP contribution in [0.15, 0.2) is 187 Å². The third-order valence-electron chi connectivity index (χ3n) is 10.5. The maximum atomic E-state index is 6.46. The molecule has 4 heteroatoms. The van der Waals surface area contributed by atoms with E-state index in [0.29, 0.717) is 5.84 Å². The lowest BCUT2D eigenvalue weighted by Gasteiger charge is -2.33. The van der Waals surface area contributed by atoms with Gasteiger partial charge in [0.05, 0.1) is 0 Å². The van der Waals surface area contributed by atoms with E-state index in [1.807, 2.05) is 48.5 Å². The Kier molecular flexibility index (Phi) is 13.7. The third kappa shape index (κ3) is 10.4. The molecule has 1 aliphatic rings. The van der Waals surface area contributed by atoms with Crippen LogP contribution in [-0.2, 0) is 6.42 Å². The number of anilines is 3. The largest absolute Gasteiger partial charge is 0.383 e. The number of rotatable bonds is 8. The number of aliphatic imine (C=N–C) groups is 1. The minimum Gasteiger partial charge on any atom is -0.383 e. The normalized spacial score (nSPS) is 12.7. The lowest BCUT2D eigenvalue weighted by atomic mass is 9.95. The molecule has 0 radical (unpaired) electrons. The van der Waals surface area contributed by atoms with Crippen molar-refractivity contribution in [2.45, 2.75) is 53.2 Å². The van der Waals surface area contributed by atoms with Crippen molar-refractivity contribution in [3.63, 3.8) is 0 Å². The molecule has 2 atom stereocenters. The number of aryl methyl sites for hydroxylation is 4. The molecule has 0 aromatic heterocycles. The summed E-state index contributed by atoms with van der Waals surface area (Å²) in [6.07, 6.45) is 2.54. The predicted molar refractivity (Wildman–Crippen MR) is 244 cm³/mol. The molecule has 1 heterocycles. The monoisotopic (exact) mass is 746 g/mol. The van der Waals surface area contributed by atoms with Crippen LogP contribution in [0.4, 0.5) is 17.1 Å². The van der Waals surface area contributed by atoms with Crippen molar-refractivity contribution >= 4 is 29.0 Å². The molecule has 0 aliphatic carbocycles. The predicted octanol–water partition coefficient (Wildman–Crippen LogP) is 13.1. The number of fused-ring (bicyclic) bond motifs is 2. The number of hydrogen-bond acceptors (Lipinski definition) is 3. The molecular formula is C53H54N4.